The van der Waals surface area contributed by atoms with E-state index in [0.29, 0.717) is 22.6 Å². The fourth-order valence-corrected chi connectivity index (χ4v) is 3.21. The van der Waals surface area contributed by atoms with Crippen molar-refractivity contribution in [3.8, 4) is 5.75 Å². The molecule has 1 heterocycles. The van der Waals surface area contributed by atoms with Crippen LogP contribution >= 0.6 is 0 Å². The molecule has 1 aromatic carbocycles. The number of rotatable bonds is 3. The van der Waals surface area contributed by atoms with E-state index in [2.05, 4.69) is 12.2 Å². The van der Waals surface area contributed by atoms with E-state index in [-0.39, 0.29) is 17.5 Å². The molecule has 0 radical (unpaired) electrons. The van der Waals surface area contributed by atoms with Crippen LogP contribution in [0.4, 0.5) is 0 Å². The average Bonchev–Trinajstić information content (AvgIpc) is 2.55. The lowest BCUT2D eigenvalue weighted by atomic mass is 9.86. The summed E-state index contributed by atoms with van der Waals surface area (Å²) in [4.78, 5) is 24.7. The summed E-state index contributed by atoms with van der Waals surface area (Å²) in [6, 6.07) is 7.00. The molecule has 0 unspecified atom stereocenters. The summed E-state index contributed by atoms with van der Waals surface area (Å²) in [5, 5.41) is 3.66. The Morgan fingerprint density at radius 3 is 2.83 bits per heavy atom. The molecule has 0 bridgehead atoms. The molecule has 1 N–H and O–H groups in total. The van der Waals surface area contributed by atoms with Gasteiger partial charge in [0.25, 0.3) is 5.91 Å². The molecule has 1 aliphatic carbocycles. The maximum Gasteiger partial charge on any atom is 0.349 e. The van der Waals surface area contributed by atoms with Crippen molar-refractivity contribution in [1.29, 1.82) is 0 Å². The number of hydrogen-bond donors (Lipinski definition) is 1. The van der Waals surface area contributed by atoms with Gasteiger partial charge in [0, 0.05) is 11.4 Å². The van der Waals surface area contributed by atoms with Crippen LogP contribution in [0.25, 0.3) is 11.0 Å². The molecule has 122 valence electrons. The summed E-state index contributed by atoms with van der Waals surface area (Å²) >= 11 is 0. The Labute approximate surface area is 134 Å². The third-order valence-corrected chi connectivity index (χ3v) is 4.62. The topological polar surface area (TPSA) is 68.5 Å². The first-order chi connectivity index (χ1) is 11.1. The summed E-state index contributed by atoms with van der Waals surface area (Å²) in [5.41, 5.74) is -0.228. The van der Waals surface area contributed by atoms with E-state index in [9.17, 15) is 9.59 Å². The van der Waals surface area contributed by atoms with Crippen molar-refractivity contribution in [3.63, 3.8) is 0 Å². The van der Waals surface area contributed by atoms with E-state index >= 15 is 0 Å². The van der Waals surface area contributed by atoms with Crippen LogP contribution in [0.1, 0.15) is 43.0 Å². The number of amides is 1. The van der Waals surface area contributed by atoms with Gasteiger partial charge in [-0.3, -0.25) is 4.79 Å². The minimum absolute atomic E-state index is 0.0449. The summed E-state index contributed by atoms with van der Waals surface area (Å²) in [5.74, 6) is 0.551. The number of carbonyl (C=O) groups excluding carboxylic acids is 1. The van der Waals surface area contributed by atoms with Crippen LogP contribution in [0.5, 0.6) is 5.75 Å². The van der Waals surface area contributed by atoms with E-state index < -0.39 is 5.63 Å². The van der Waals surface area contributed by atoms with Gasteiger partial charge in [0.05, 0.1) is 7.11 Å². The molecule has 23 heavy (non-hydrogen) atoms. The maximum atomic E-state index is 12.5. The van der Waals surface area contributed by atoms with Crippen LogP contribution in [-0.4, -0.2) is 19.1 Å². The Kier molecular flexibility index (Phi) is 4.37. The molecular weight excluding hydrogens is 294 g/mol. The molecule has 1 fully saturated rings. The monoisotopic (exact) mass is 315 g/mol. The Morgan fingerprint density at radius 1 is 1.30 bits per heavy atom. The zero-order valence-corrected chi connectivity index (χ0v) is 13.4. The number of para-hydroxylation sites is 1. The molecule has 0 aliphatic heterocycles. The van der Waals surface area contributed by atoms with Gasteiger partial charge in [0.2, 0.25) is 0 Å². The van der Waals surface area contributed by atoms with E-state index in [4.69, 9.17) is 9.15 Å². The van der Waals surface area contributed by atoms with Gasteiger partial charge in [-0.1, -0.05) is 31.9 Å². The van der Waals surface area contributed by atoms with Crippen molar-refractivity contribution >= 4 is 16.9 Å². The van der Waals surface area contributed by atoms with Crippen LogP contribution < -0.4 is 15.7 Å². The van der Waals surface area contributed by atoms with Gasteiger partial charge in [0.15, 0.2) is 11.3 Å². The third kappa shape index (κ3) is 3.09. The summed E-state index contributed by atoms with van der Waals surface area (Å²) in [6.07, 6.45) is 4.37. The lowest BCUT2D eigenvalue weighted by molar-refractivity contribution is 0.0906. The smallest absolute Gasteiger partial charge is 0.349 e. The van der Waals surface area contributed by atoms with Gasteiger partial charge >= 0.3 is 5.63 Å². The van der Waals surface area contributed by atoms with Crippen molar-refractivity contribution in [2.45, 2.75) is 38.6 Å². The second kappa shape index (κ2) is 6.44. The summed E-state index contributed by atoms with van der Waals surface area (Å²) in [7, 11) is 1.51. The highest BCUT2D eigenvalue weighted by Crippen LogP contribution is 2.26. The lowest BCUT2D eigenvalue weighted by Gasteiger charge is -2.29. The maximum absolute atomic E-state index is 12.5. The predicted octanol–water partition coefficient (Wildman–Crippen LogP) is 3.11. The minimum Gasteiger partial charge on any atom is -0.493 e. The molecule has 3 rings (SSSR count). The van der Waals surface area contributed by atoms with Crippen molar-refractivity contribution in [2.24, 2.45) is 5.92 Å². The van der Waals surface area contributed by atoms with E-state index in [0.717, 1.165) is 19.3 Å². The van der Waals surface area contributed by atoms with Gasteiger partial charge in [0.1, 0.15) is 5.56 Å². The number of methoxy groups -OCH3 is 1. The first kappa shape index (κ1) is 15.6. The van der Waals surface area contributed by atoms with Crippen molar-refractivity contribution in [2.75, 3.05) is 7.11 Å². The van der Waals surface area contributed by atoms with Gasteiger partial charge in [-0.05, 0) is 30.9 Å². The van der Waals surface area contributed by atoms with Gasteiger partial charge in [-0.2, -0.15) is 0 Å². The SMILES string of the molecule is COc1cccc2cc(C(=O)N[C@@H]3CCCC[C@@H]3C)c(=O)oc12. The normalized spacial score (nSPS) is 21.1. The minimum atomic E-state index is -0.636. The zero-order chi connectivity index (χ0) is 16.4. The molecule has 1 amide bonds. The fourth-order valence-electron chi connectivity index (χ4n) is 3.21. The summed E-state index contributed by atoms with van der Waals surface area (Å²) < 4.78 is 10.5. The Hall–Kier alpha value is -2.30. The first-order valence-electron chi connectivity index (χ1n) is 8.02. The molecule has 2 aromatic rings. The van der Waals surface area contributed by atoms with E-state index in [1.54, 1.807) is 24.3 Å². The molecule has 2 atom stereocenters. The van der Waals surface area contributed by atoms with Gasteiger partial charge in [-0.15, -0.1) is 0 Å². The number of hydrogen-bond acceptors (Lipinski definition) is 4. The van der Waals surface area contributed by atoms with Crippen LogP contribution in [0.3, 0.4) is 0 Å². The molecule has 1 aliphatic rings. The molecule has 0 saturated heterocycles. The second-order valence-electron chi connectivity index (χ2n) is 6.17. The van der Waals surface area contributed by atoms with E-state index in [1.807, 2.05) is 0 Å². The lowest BCUT2D eigenvalue weighted by Crippen LogP contribution is -2.42. The van der Waals surface area contributed by atoms with Crippen LogP contribution in [0.15, 0.2) is 33.5 Å². The molecule has 1 saturated carbocycles. The highest BCUT2D eigenvalue weighted by Gasteiger charge is 2.25. The quantitative estimate of drug-likeness (QED) is 0.884. The van der Waals surface area contributed by atoms with Crippen LogP contribution in [-0.2, 0) is 0 Å². The Morgan fingerprint density at radius 2 is 2.09 bits per heavy atom. The van der Waals surface area contributed by atoms with Crippen molar-refractivity contribution in [1.82, 2.24) is 5.32 Å². The van der Waals surface area contributed by atoms with E-state index in [1.165, 1.54) is 13.5 Å². The van der Waals surface area contributed by atoms with Gasteiger partial charge in [-0.25, -0.2) is 4.79 Å². The molecule has 1 aromatic heterocycles. The fraction of sp³-hybridized carbons (Fsp3) is 0.444. The molecule has 5 heteroatoms. The average molecular weight is 315 g/mol. The molecule has 0 spiro atoms. The van der Waals surface area contributed by atoms with Crippen LogP contribution in [0, 0.1) is 5.92 Å². The highest BCUT2D eigenvalue weighted by molar-refractivity contribution is 5.97. The largest absolute Gasteiger partial charge is 0.493 e. The molecular formula is C18H21NO4. The molecule has 5 nitrogen and oxygen atoms in total. The van der Waals surface area contributed by atoms with Gasteiger partial charge < -0.3 is 14.5 Å². The van der Waals surface area contributed by atoms with Crippen molar-refractivity contribution in [3.05, 3.63) is 40.2 Å². The second-order valence-corrected chi connectivity index (χ2v) is 6.17. The standard InChI is InChI=1S/C18H21NO4/c1-11-6-3-4-8-14(11)19-17(20)13-10-12-7-5-9-15(22-2)16(12)23-18(13)21/h5,7,9-11,14H,3-4,6,8H2,1-2H3,(H,19,20)/t11-,14+/m0/s1. The van der Waals surface area contributed by atoms with Crippen molar-refractivity contribution < 1.29 is 13.9 Å². The number of nitrogens with one attached hydrogen (secondary N) is 1. The highest BCUT2D eigenvalue weighted by atomic mass is 16.5. The predicted molar refractivity (Wildman–Crippen MR) is 87.9 cm³/mol. The number of carbonyl (C=O) groups is 1. The summed E-state index contributed by atoms with van der Waals surface area (Å²) in [6.45, 7) is 2.14. The number of ether oxygens (including phenoxy) is 1. The number of benzene rings is 1. The zero-order valence-electron chi connectivity index (χ0n) is 13.4. The first-order valence-corrected chi connectivity index (χ1v) is 8.02. The number of fused-ring (bicyclic) bond motifs is 1. The van der Waals surface area contributed by atoms with Crippen LogP contribution in [0.2, 0.25) is 0 Å². The Bertz CT molecular complexity index is 780. The third-order valence-electron chi connectivity index (χ3n) is 4.62. The Balaban J connectivity index is 1.91.